The molecule has 1 fully saturated rings. The molecule has 118 valence electrons. The van der Waals surface area contributed by atoms with Gasteiger partial charge in [0, 0.05) is 13.1 Å². The van der Waals surface area contributed by atoms with Gasteiger partial charge in [0.1, 0.15) is 15.7 Å². The molecule has 2 N–H and O–H groups in total. The lowest BCUT2D eigenvalue weighted by molar-refractivity contribution is 0.0299. The van der Waals surface area contributed by atoms with E-state index in [1.807, 2.05) is 0 Å². The van der Waals surface area contributed by atoms with Crippen molar-refractivity contribution in [1.29, 1.82) is 0 Å². The van der Waals surface area contributed by atoms with Gasteiger partial charge in [-0.1, -0.05) is 6.07 Å². The van der Waals surface area contributed by atoms with Crippen molar-refractivity contribution in [2.75, 3.05) is 31.0 Å². The van der Waals surface area contributed by atoms with E-state index in [1.165, 1.54) is 6.07 Å². The van der Waals surface area contributed by atoms with Gasteiger partial charge in [0.25, 0.3) is 15.9 Å². The van der Waals surface area contributed by atoms with Crippen molar-refractivity contribution in [3.8, 4) is 0 Å². The van der Waals surface area contributed by atoms with Crippen LogP contribution in [0.4, 0.5) is 5.82 Å². The average Bonchev–Trinajstić information content (AvgIpc) is 3.18. The summed E-state index contributed by atoms with van der Waals surface area (Å²) in [6, 6.07) is 6.31. The highest BCUT2D eigenvalue weighted by atomic mass is 32.2. The predicted octanol–water partition coefficient (Wildman–Crippen LogP) is 1.35. The summed E-state index contributed by atoms with van der Waals surface area (Å²) in [5.41, 5.74) is 0.353. The molecule has 22 heavy (non-hydrogen) atoms. The molecular weight excluding hydrogens is 326 g/mol. The molecule has 7 nitrogen and oxygen atoms in total. The van der Waals surface area contributed by atoms with Gasteiger partial charge in [-0.25, -0.2) is 8.42 Å². The molecule has 9 heteroatoms. The van der Waals surface area contributed by atoms with E-state index in [1.54, 1.807) is 28.5 Å². The van der Waals surface area contributed by atoms with E-state index < -0.39 is 10.0 Å². The number of H-pyrrole nitrogens is 1. The monoisotopic (exact) mass is 341 g/mol. The summed E-state index contributed by atoms with van der Waals surface area (Å²) >= 11 is 1.13. The number of anilines is 1. The van der Waals surface area contributed by atoms with Gasteiger partial charge in [-0.2, -0.15) is 0 Å². The first kappa shape index (κ1) is 15.1. The number of sulfonamides is 1. The number of nitrogens with one attached hydrogen (secondary N) is 2. The van der Waals surface area contributed by atoms with Crippen LogP contribution in [0.3, 0.4) is 0 Å². The second-order valence-electron chi connectivity index (χ2n) is 4.73. The normalized spacial score (nSPS) is 15.7. The molecule has 0 radical (unpaired) electrons. The van der Waals surface area contributed by atoms with Crippen molar-refractivity contribution in [2.45, 2.75) is 4.21 Å². The molecule has 0 unspecified atom stereocenters. The first-order valence-corrected chi connectivity index (χ1v) is 9.05. The summed E-state index contributed by atoms with van der Waals surface area (Å²) in [4.78, 5) is 16.8. The van der Waals surface area contributed by atoms with E-state index in [0.717, 1.165) is 11.3 Å². The fraction of sp³-hybridized carbons (Fsp3) is 0.308. The second kappa shape index (κ2) is 6.11. The number of nitrogens with zero attached hydrogens (tertiary/aromatic N) is 1. The number of rotatable bonds is 4. The van der Waals surface area contributed by atoms with Gasteiger partial charge < -0.3 is 14.6 Å². The maximum Gasteiger partial charge on any atom is 0.272 e. The summed E-state index contributed by atoms with van der Waals surface area (Å²) in [6.07, 6.45) is 0. The minimum absolute atomic E-state index is 0.162. The molecule has 3 rings (SSSR count). The highest BCUT2D eigenvalue weighted by Crippen LogP contribution is 2.20. The Balaban J connectivity index is 1.72. The first-order valence-electron chi connectivity index (χ1n) is 6.68. The van der Waals surface area contributed by atoms with Crippen LogP contribution >= 0.6 is 11.3 Å². The quantitative estimate of drug-likeness (QED) is 0.878. The van der Waals surface area contributed by atoms with Crippen LogP contribution in [0.25, 0.3) is 0 Å². The third-order valence-corrected chi connectivity index (χ3v) is 5.98. The minimum Gasteiger partial charge on any atom is -0.378 e. The average molecular weight is 341 g/mol. The Hall–Kier alpha value is -1.84. The number of carbonyl (C=O) groups is 1. The Labute approximate surface area is 132 Å². The van der Waals surface area contributed by atoms with E-state index >= 15 is 0 Å². The summed E-state index contributed by atoms with van der Waals surface area (Å²) in [5.74, 6) is 0.106. The van der Waals surface area contributed by atoms with Crippen LogP contribution < -0.4 is 4.72 Å². The minimum atomic E-state index is -3.61. The lowest BCUT2D eigenvalue weighted by Gasteiger charge is -2.26. The molecule has 0 bridgehead atoms. The van der Waals surface area contributed by atoms with Crippen molar-refractivity contribution in [2.24, 2.45) is 0 Å². The standard InChI is InChI=1S/C13H15N3O4S2/c17-13(16-5-7-20-8-6-16)10-3-4-11(14-10)15-22(18,19)12-2-1-9-21-12/h1-4,9,14-15H,5-8H2. The zero-order chi connectivity index (χ0) is 15.6. The Bertz CT molecular complexity index is 746. The van der Waals surface area contributed by atoms with Crippen LogP contribution in [0.1, 0.15) is 10.5 Å². The Morgan fingerprint density at radius 2 is 2.05 bits per heavy atom. The number of carbonyl (C=O) groups excluding carboxylic acids is 1. The Kier molecular flexibility index (Phi) is 4.19. The fourth-order valence-corrected chi connectivity index (χ4v) is 4.14. The molecule has 0 aliphatic carbocycles. The number of hydrogen-bond donors (Lipinski definition) is 2. The van der Waals surface area contributed by atoms with Crippen LogP contribution in [-0.4, -0.2) is 50.5 Å². The highest BCUT2D eigenvalue weighted by Gasteiger charge is 2.21. The molecule has 1 amide bonds. The van der Waals surface area contributed by atoms with Crippen LogP contribution in [0.5, 0.6) is 0 Å². The number of ether oxygens (including phenoxy) is 1. The molecule has 0 saturated carbocycles. The molecule has 2 aromatic heterocycles. The van der Waals surface area contributed by atoms with Gasteiger partial charge >= 0.3 is 0 Å². The largest absolute Gasteiger partial charge is 0.378 e. The Morgan fingerprint density at radius 1 is 1.27 bits per heavy atom. The van der Waals surface area contributed by atoms with Gasteiger partial charge in [0.2, 0.25) is 0 Å². The topological polar surface area (TPSA) is 91.5 Å². The third-order valence-electron chi connectivity index (χ3n) is 3.22. The SMILES string of the molecule is O=C(c1ccc(NS(=O)(=O)c2cccs2)[nH]1)N1CCOCC1. The zero-order valence-electron chi connectivity index (χ0n) is 11.6. The van der Waals surface area contributed by atoms with Crippen molar-refractivity contribution >= 4 is 33.1 Å². The molecule has 1 saturated heterocycles. The molecule has 0 atom stereocenters. The maximum absolute atomic E-state index is 12.3. The van der Waals surface area contributed by atoms with E-state index in [2.05, 4.69) is 9.71 Å². The zero-order valence-corrected chi connectivity index (χ0v) is 13.2. The lowest BCUT2D eigenvalue weighted by Crippen LogP contribution is -2.40. The van der Waals surface area contributed by atoms with E-state index in [0.29, 0.717) is 32.0 Å². The van der Waals surface area contributed by atoms with Crippen LogP contribution in [0, 0.1) is 0 Å². The maximum atomic E-state index is 12.3. The van der Waals surface area contributed by atoms with E-state index in [4.69, 9.17) is 4.74 Å². The number of aromatic nitrogens is 1. The van der Waals surface area contributed by atoms with Gasteiger partial charge in [0.05, 0.1) is 13.2 Å². The second-order valence-corrected chi connectivity index (χ2v) is 7.58. The van der Waals surface area contributed by atoms with E-state index in [9.17, 15) is 13.2 Å². The third kappa shape index (κ3) is 3.16. The number of aromatic amines is 1. The molecule has 3 heterocycles. The van der Waals surface area contributed by atoms with Gasteiger partial charge in [-0.3, -0.25) is 9.52 Å². The molecule has 1 aliphatic heterocycles. The van der Waals surface area contributed by atoms with Crippen LogP contribution in [0.2, 0.25) is 0 Å². The fourth-order valence-electron chi connectivity index (χ4n) is 2.13. The van der Waals surface area contributed by atoms with Gasteiger partial charge in [-0.15, -0.1) is 11.3 Å². The van der Waals surface area contributed by atoms with Crippen molar-refractivity contribution in [1.82, 2.24) is 9.88 Å². The smallest absolute Gasteiger partial charge is 0.272 e. The summed E-state index contributed by atoms with van der Waals surface area (Å²) in [6.45, 7) is 2.11. The molecule has 0 aromatic carbocycles. The molecule has 1 aliphatic rings. The number of amides is 1. The summed E-state index contributed by atoms with van der Waals surface area (Å²) in [5, 5.41) is 1.69. The number of thiophene rings is 1. The van der Waals surface area contributed by atoms with Gasteiger partial charge in [-0.05, 0) is 23.6 Å². The Morgan fingerprint density at radius 3 is 2.73 bits per heavy atom. The van der Waals surface area contributed by atoms with Crippen LogP contribution in [-0.2, 0) is 14.8 Å². The predicted molar refractivity (Wildman–Crippen MR) is 82.6 cm³/mol. The van der Waals surface area contributed by atoms with Crippen molar-refractivity contribution in [3.05, 3.63) is 35.3 Å². The number of hydrogen-bond acceptors (Lipinski definition) is 5. The first-order chi connectivity index (χ1) is 10.6. The van der Waals surface area contributed by atoms with Crippen molar-refractivity contribution < 1.29 is 17.9 Å². The number of morpholine rings is 1. The highest BCUT2D eigenvalue weighted by molar-refractivity contribution is 7.94. The van der Waals surface area contributed by atoms with Gasteiger partial charge in [0.15, 0.2) is 0 Å². The lowest BCUT2D eigenvalue weighted by atomic mass is 10.3. The van der Waals surface area contributed by atoms with Crippen LogP contribution in [0.15, 0.2) is 33.9 Å². The van der Waals surface area contributed by atoms with Crippen molar-refractivity contribution in [3.63, 3.8) is 0 Å². The summed E-state index contributed by atoms with van der Waals surface area (Å²) in [7, 11) is -3.61. The molecular formula is C13H15N3O4S2. The summed E-state index contributed by atoms with van der Waals surface area (Å²) < 4.78 is 32.1. The molecule has 0 spiro atoms. The van der Waals surface area contributed by atoms with E-state index in [-0.39, 0.29) is 15.9 Å². The molecule has 2 aromatic rings.